The normalized spacial score (nSPS) is 15.8. The van der Waals surface area contributed by atoms with Crippen LogP contribution >= 0.6 is 11.6 Å². The van der Waals surface area contributed by atoms with Crippen molar-refractivity contribution >= 4 is 34.8 Å². The summed E-state index contributed by atoms with van der Waals surface area (Å²) in [6.07, 6.45) is 3.10. The predicted octanol–water partition coefficient (Wildman–Crippen LogP) is 4.36. The van der Waals surface area contributed by atoms with E-state index in [1.54, 1.807) is 38.1 Å². The van der Waals surface area contributed by atoms with Gasteiger partial charge in [-0.1, -0.05) is 11.6 Å². The van der Waals surface area contributed by atoms with Gasteiger partial charge in [0.15, 0.2) is 5.60 Å². The maximum Gasteiger partial charge on any atom is 0.267 e. The number of amides is 2. The number of halogens is 1. The molecule has 5 nitrogen and oxygen atoms in total. The van der Waals surface area contributed by atoms with Crippen molar-refractivity contribution in [2.75, 3.05) is 16.8 Å². The van der Waals surface area contributed by atoms with Crippen molar-refractivity contribution < 1.29 is 14.3 Å². The number of anilines is 2. The maximum atomic E-state index is 12.9. The fourth-order valence-corrected chi connectivity index (χ4v) is 3.98. The minimum atomic E-state index is -1.05. The first-order valence-electron chi connectivity index (χ1n) is 9.56. The molecule has 0 saturated carbocycles. The Kier molecular flexibility index (Phi) is 4.79. The Balaban J connectivity index is 1.54. The van der Waals surface area contributed by atoms with E-state index in [0.29, 0.717) is 23.6 Å². The second-order valence-electron chi connectivity index (χ2n) is 7.81. The van der Waals surface area contributed by atoms with Crippen molar-refractivity contribution in [1.29, 1.82) is 0 Å². The van der Waals surface area contributed by atoms with Crippen molar-refractivity contribution in [3.63, 3.8) is 0 Å². The van der Waals surface area contributed by atoms with Crippen LogP contribution in [0.1, 0.15) is 37.8 Å². The van der Waals surface area contributed by atoms with Gasteiger partial charge in [-0.15, -0.1) is 0 Å². The van der Waals surface area contributed by atoms with Gasteiger partial charge < -0.3 is 15.0 Å². The minimum Gasteiger partial charge on any atom is -0.478 e. The van der Waals surface area contributed by atoms with Gasteiger partial charge in [0.25, 0.3) is 5.91 Å². The lowest BCUT2D eigenvalue weighted by atomic mass is 9.91. The molecule has 0 atom stereocenters. The molecule has 1 N–H and O–H groups in total. The first kappa shape index (κ1) is 18.8. The third-order valence-corrected chi connectivity index (χ3v) is 5.52. The average Bonchev–Trinajstić information content (AvgIpc) is 2.66. The average molecular weight is 399 g/mol. The van der Waals surface area contributed by atoms with Crippen LogP contribution in [-0.4, -0.2) is 24.0 Å². The number of ether oxygens (including phenoxy) is 1. The van der Waals surface area contributed by atoms with E-state index in [0.717, 1.165) is 41.9 Å². The van der Waals surface area contributed by atoms with Crippen molar-refractivity contribution in [2.24, 2.45) is 0 Å². The molecule has 0 radical (unpaired) electrons. The fraction of sp³-hybridized carbons (Fsp3) is 0.364. The largest absolute Gasteiger partial charge is 0.478 e. The van der Waals surface area contributed by atoms with Crippen LogP contribution in [0.15, 0.2) is 36.4 Å². The zero-order chi connectivity index (χ0) is 19.9. The number of carbonyl (C=O) groups is 2. The van der Waals surface area contributed by atoms with E-state index in [2.05, 4.69) is 5.32 Å². The summed E-state index contributed by atoms with van der Waals surface area (Å²) in [5.41, 5.74) is 3.01. The van der Waals surface area contributed by atoms with Gasteiger partial charge in [0, 0.05) is 23.7 Å². The standard InChI is InChI=1S/C22H23ClN2O3/c1-22(2,28-18-8-6-16(23)7-9-18)21(27)24-17-12-14-4-3-11-25-19(26)10-5-15(13-17)20(14)25/h6-9,12-13H,3-5,10-11H2,1-2H3,(H,24,27). The van der Waals surface area contributed by atoms with Gasteiger partial charge in [0.2, 0.25) is 5.91 Å². The van der Waals surface area contributed by atoms with Crippen LogP contribution in [-0.2, 0) is 22.4 Å². The highest BCUT2D eigenvalue weighted by Gasteiger charge is 2.32. The molecule has 2 aliphatic rings. The first-order valence-corrected chi connectivity index (χ1v) is 9.93. The molecule has 0 saturated heterocycles. The molecule has 4 rings (SSSR count). The summed E-state index contributed by atoms with van der Waals surface area (Å²) in [6, 6.07) is 10.9. The van der Waals surface area contributed by atoms with E-state index in [1.165, 1.54) is 0 Å². The van der Waals surface area contributed by atoms with Gasteiger partial charge in [-0.2, -0.15) is 0 Å². The number of hydrogen-bond donors (Lipinski definition) is 1. The van der Waals surface area contributed by atoms with Crippen LogP contribution < -0.4 is 15.0 Å². The monoisotopic (exact) mass is 398 g/mol. The topological polar surface area (TPSA) is 58.6 Å². The molecule has 2 aromatic carbocycles. The van der Waals surface area contributed by atoms with Crippen LogP contribution in [0.2, 0.25) is 5.02 Å². The molecule has 2 aromatic rings. The summed E-state index contributed by atoms with van der Waals surface area (Å²) >= 11 is 5.90. The summed E-state index contributed by atoms with van der Waals surface area (Å²) in [5, 5.41) is 3.61. The summed E-state index contributed by atoms with van der Waals surface area (Å²) in [6.45, 7) is 4.26. The summed E-state index contributed by atoms with van der Waals surface area (Å²) in [7, 11) is 0. The second kappa shape index (κ2) is 7.13. The highest BCUT2D eigenvalue weighted by molar-refractivity contribution is 6.30. The van der Waals surface area contributed by atoms with E-state index in [4.69, 9.17) is 16.3 Å². The molecule has 28 heavy (non-hydrogen) atoms. The zero-order valence-corrected chi connectivity index (χ0v) is 16.8. The van der Waals surface area contributed by atoms with Gasteiger partial charge in [0.1, 0.15) is 5.75 Å². The molecule has 146 valence electrons. The van der Waals surface area contributed by atoms with E-state index in [-0.39, 0.29) is 11.8 Å². The lowest BCUT2D eigenvalue weighted by Gasteiger charge is -2.35. The minimum absolute atomic E-state index is 0.197. The third-order valence-electron chi connectivity index (χ3n) is 5.27. The summed E-state index contributed by atoms with van der Waals surface area (Å²) in [4.78, 5) is 27.0. The van der Waals surface area contributed by atoms with Crippen molar-refractivity contribution in [3.8, 4) is 5.75 Å². The van der Waals surface area contributed by atoms with E-state index >= 15 is 0 Å². The Morgan fingerprint density at radius 1 is 1.11 bits per heavy atom. The smallest absolute Gasteiger partial charge is 0.267 e. The molecule has 0 aliphatic carbocycles. The van der Waals surface area contributed by atoms with Crippen LogP contribution in [0.5, 0.6) is 5.75 Å². The van der Waals surface area contributed by atoms with Gasteiger partial charge in [-0.3, -0.25) is 9.59 Å². The van der Waals surface area contributed by atoms with Crippen LogP contribution in [0.4, 0.5) is 11.4 Å². The number of hydrogen-bond acceptors (Lipinski definition) is 3. The molecule has 0 bridgehead atoms. The Morgan fingerprint density at radius 3 is 2.50 bits per heavy atom. The van der Waals surface area contributed by atoms with Gasteiger partial charge in [0.05, 0.1) is 5.69 Å². The zero-order valence-electron chi connectivity index (χ0n) is 16.0. The van der Waals surface area contributed by atoms with Crippen molar-refractivity contribution in [2.45, 2.75) is 45.1 Å². The van der Waals surface area contributed by atoms with Gasteiger partial charge in [-0.25, -0.2) is 0 Å². The molecule has 2 heterocycles. The lowest BCUT2D eigenvalue weighted by molar-refractivity contribution is -0.128. The van der Waals surface area contributed by atoms with E-state index in [9.17, 15) is 9.59 Å². The molecule has 0 aromatic heterocycles. The highest BCUT2D eigenvalue weighted by Crippen LogP contribution is 2.38. The quantitative estimate of drug-likeness (QED) is 0.832. The Morgan fingerprint density at radius 2 is 1.79 bits per heavy atom. The molecule has 0 unspecified atom stereocenters. The number of nitrogens with one attached hydrogen (secondary N) is 1. The SMILES string of the molecule is CC(C)(Oc1ccc(Cl)cc1)C(=O)Nc1cc2c3c(c1)CCC(=O)N3CCC2. The Hall–Kier alpha value is -2.53. The van der Waals surface area contributed by atoms with Gasteiger partial charge >= 0.3 is 0 Å². The Labute approximate surface area is 169 Å². The van der Waals surface area contributed by atoms with Crippen LogP contribution in [0.3, 0.4) is 0 Å². The van der Waals surface area contributed by atoms with Crippen molar-refractivity contribution in [3.05, 3.63) is 52.5 Å². The number of rotatable bonds is 4. The number of aryl methyl sites for hydroxylation is 2. The van der Waals surface area contributed by atoms with Crippen molar-refractivity contribution in [1.82, 2.24) is 0 Å². The number of carbonyl (C=O) groups excluding carboxylic acids is 2. The van der Waals surface area contributed by atoms with Crippen LogP contribution in [0.25, 0.3) is 0 Å². The number of benzene rings is 2. The van der Waals surface area contributed by atoms with E-state index < -0.39 is 5.60 Å². The highest BCUT2D eigenvalue weighted by atomic mass is 35.5. The maximum absolute atomic E-state index is 12.9. The molecular formula is C22H23ClN2O3. The molecule has 6 heteroatoms. The fourth-order valence-electron chi connectivity index (χ4n) is 3.85. The number of nitrogens with zero attached hydrogens (tertiary/aromatic N) is 1. The summed E-state index contributed by atoms with van der Waals surface area (Å²) in [5.74, 6) is 0.552. The second-order valence-corrected chi connectivity index (χ2v) is 8.25. The predicted molar refractivity (Wildman–Crippen MR) is 110 cm³/mol. The van der Waals surface area contributed by atoms with Crippen LogP contribution in [0, 0.1) is 0 Å². The van der Waals surface area contributed by atoms with E-state index in [1.807, 2.05) is 17.0 Å². The first-order chi connectivity index (χ1) is 13.3. The molecule has 0 fully saturated rings. The lowest BCUT2D eigenvalue weighted by Crippen LogP contribution is -2.43. The molecule has 2 amide bonds. The van der Waals surface area contributed by atoms with Gasteiger partial charge in [-0.05, 0) is 80.6 Å². The Bertz CT molecular complexity index is 920. The molecular weight excluding hydrogens is 376 g/mol. The summed E-state index contributed by atoms with van der Waals surface area (Å²) < 4.78 is 5.88. The molecule has 2 aliphatic heterocycles. The third kappa shape index (κ3) is 3.59. The molecule has 0 spiro atoms.